The predicted molar refractivity (Wildman–Crippen MR) is 48.5 cm³/mol. The van der Waals surface area contributed by atoms with Gasteiger partial charge in [-0.2, -0.15) is 11.8 Å². The smallest absolute Gasteiger partial charge is 0.309 e. The van der Waals surface area contributed by atoms with Crippen LogP contribution in [0.25, 0.3) is 0 Å². The summed E-state index contributed by atoms with van der Waals surface area (Å²) in [6, 6.07) is 0. The molecule has 70 valence electrons. The van der Waals surface area contributed by atoms with E-state index in [9.17, 15) is 4.79 Å². The Balaban J connectivity index is 2.15. The highest BCUT2D eigenvalue weighted by Gasteiger charge is 2.17. The minimum Gasteiger partial charge on any atom is -0.435 e. The minimum atomic E-state index is -0.362. The number of thioether (sulfide) groups is 1. The van der Waals surface area contributed by atoms with Gasteiger partial charge in [0.05, 0.1) is 18.8 Å². The van der Waals surface area contributed by atoms with Crippen LogP contribution in [0.1, 0.15) is 6.42 Å². The Hall–Kier alpha value is 0.0700. The molecular formula is C7H11ClO3S. The summed E-state index contributed by atoms with van der Waals surface area (Å²) in [7, 11) is 0. The first-order valence-electron chi connectivity index (χ1n) is 3.77. The van der Waals surface area contributed by atoms with Crippen LogP contribution in [0, 0.1) is 0 Å². The van der Waals surface area contributed by atoms with E-state index < -0.39 is 0 Å². The minimum absolute atomic E-state index is 0.256. The maximum Gasteiger partial charge on any atom is 0.309 e. The number of halogens is 1. The lowest BCUT2D eigenvalue weighted by atomic mass is 10.5. The van der Waals surface area contributed by atoms with Crippen LogP contribution in [-0.2, 0) is 14.3 Å². The van der Waals surface area contributed by atoms with Crippen LogP contribution in [-0.4, -0.2) is 36.3 Å². The number of esters is 1. The number of alkyl halides is 1. The largest absolute Gasteiger partial charge is 0.435 e. The lowest BCUT2D eigenvalue weighted by molar-refractivity contribution is -0.173. The van der Waals surface area contributed by atoms with Gasteiger partial charge < -0.3 is 9.47 Å². The van der Waals surface area contributed by atoms with Gasteiger partial charge in [-0.25, -0.2) is 0 Å². The molecule has 1 saturated heterocycles. The Morgan fingerprint density at radius 1 is 1.75 bits per heavy atom. The topological polar surface area (TPSA) is 35.5 Å². The average molecular weight is 211 g/mol. The Morgan fingerprint density at radius 2 is 2.58 bits per heavy atom. The van der Waals surface area contributed by atoms with Crippen molar-refractivity contribution in [1.82, 2.24) is 0 Å². The van der Waals surface area contributed by atoms with E-state index in [1.807, 2.05) is 0 Å². The number of hydrogen-bond donors (Lipinski definition) is 0. The molecule has 0 aromatic rings. The van der Waals surface area contributed by atoms with Crippen LogP contribution in [0.4, 0.5) is 0 Å². The second-order valence-corrected chi connectivity index (χ2v) is 3.83. The summed E-state index contributed by atoms with van der Waals surface area (Å²) >= 11 is 7.10. The van der Waals surface area contributed by atoms with E-state index in [0.29, 0.717) is 12.5 Å². The van der Waals surface area contributed by atoms with Gasteiger partial charge in [0.15, 0.2) is 0 Å². The van der Waals surface area contributed by atoms with Crippen molar-refractivity contribution < 1.29 is 14.3 Å². The molecule has 0 N–H and O–H groups in total. The van der Waals surface area contributed by atoms with E-state index in [1.54, 1.807) is 11.8 Å². The molecular weight excluding hydrogens is 200 g/mol. The van der Waals surface area contributed by atoms with Crippen molar-refractivity contribution in [2.45, 2.75) is 12.7 Å². The highest BCUT2D eigenvalue weighted by Crippen LogP contribution is 2.13. The highest BCUT2D eigenvalue weighted by atomic mass is 35.5. The van der Waals surface area contributed by atoms with Gasteiger partial charge in [-0.05, 0) is 0 Å². The van der Waals surface area contributed by atoms with Crippen molar-refractivity contribution in [3.63, 3.8) is 0 Å². The second-order valence-electron chi connectivity index (χ2n) is 2.30. The first-order chi connectivity index (χ1) is 5.83. The second kappa shape index (κ2) is 5.67. The molecule has 0 radical (unpaired) electrons. The summed E-state index contributed by atoms with van der Waals surface area (Å²) < 4.78 is 10.2. The molecule has 1 fully saturated rings. The normalized spacial score (nSPS) is 23.6. The number of hydrogen-bond acceptors (Lipinski definition) is 4. The van der Waals surface area contributed by atoms with Crippen molar-refractivity contribution in [3.05, 3.63) is 0 Å². The number of ether oxygens (including phenoxy) is 2. The van der Waals surface area contributed by atoms with Gasteiger partial charge in [-0.3, -0.25) is 4.79 Å². The van der Waals surface area contributed by atoms with E-state index in [2.05, 4.69) is 0 Å². The summed E-state index contributed by atoms with van der Waals surface area (Å²) in [6.45, 7) is 0.656. The molecule has 0 bridgehead atoms. The van der Waals surface area contributed by atoms with E-state index in [-0.39, 0.29) is 18.7 Å². The lowest BCUT2D eigenvalue weighted by Gasteiger charge is -2.21. The molecule has 1 unspecified atom stereocenters. The van der Waals surface area contributed by atoms with Crippen LogP contribution < -0.4 is 0 Å². The summed E-state index contributed by atoms with van der Waals surface area (Å²) in [5.74, 6) is 1.73. The van der Waals surface area contributed by atoms with E-state index in [1.165, 1.54) is 0 Å². The molecule has 1 heterocycles. The van der Waals surface area contributed by atoms with Crippen molar-refractivity contribution in [3.8, 4) is 0 Å². The molecule has 1 aliphatic rings. The maximum atomic E-state index is 10.9. The van der Waals surface area contributed by atoms with Crippen molar-refractivity contribution >= 4 is 29.3 Å². The Morgan fingerprint density at radius 3 is 3.17 bits per heavy atom. The van der Waals surface area contributed by atoms with Crippen LogP contribution in [0.15, 0.2) is 0 Å². The van der Waals surface area contributed by atoms with Crippen molar-refractivity contribution in [2.75, 3.05) is 24.0 Å². The Labute approximate surface area is 80.7 Å². The molecule has 0 spiro atoms. The van der Waals surface area contributed by atoms with Gasteiger partial charge >= 0.3 is 5.97 Å². The standard InChI is InChI=1S/C7H11ClO3S/c8-2-1-6(9)11-7-5-12-4-3-10-7/h7H,1-5H2. The van der Waals surface area contributed by atoms with Gasteiger partial charge in [0, 0.05) is 11.6 Å². The zero-order valence-electron chi connectivity index (χ0n) is 6.62. The SMILES string of the molecule is O=C(CCCl)OC1CSCCO1. The zero-order valence-corrected chi connectivity index (χ0v) is 8.20. The van der Waals surface area contributed by atoms with E-state index >= 15 is 0 Å². The number of carbonyl (C=O) groups is 1. The summed E-state index contributed by atoms with van der Waals surface area (Å²) in [6.07, 6.45) is -0.106. The Kier molecular flexibility index (Phi) is 4.80. The quantitative estimate of drug-likeness (QED) is 0.519. The van der Waals surface area contributed by atoms with Crippen LogP contribution >= 0.6 is 23.4 Å². The predicted octanol–water partition coefficient (Wildman–Crippen LogP) is 1.25. The highest BCUT2D eigenvalue weighted by molar-refractivity contribution is 7.99. The zero-order chi connectivity index (χ0) is 8.81. The molecule has 0 aromatic heterocycles. The molecule has 12 heavy (non-hydrogen) atoms. The van der Waals surface area contributed by atoms with Gasteiger partial charge in [0.1, 0.15) is 0 Å². The van der Waals surface area contributed by atoms with E-state index in [4.69, 9.17) is 21.1 Å². The third kappa shape index (κ3) is 3.65. The number of rotatable bonds is 3. The van der Waals surface area contributed by atoms with E-state index in [0.717, 1.165) is 11.5 Å². The summed E-state index contributed by atoms with van der Waals surface area (Å²) in [4.78, 5) is 10.9. The molecule has 0 saturated carbocycles. The molecule has 0 aromatic carbocycles. The van der Waals surface area contributed by atoms with Gasteiger partial charge in [0.2, 0.25) is 6.29 Å². The fourth-order valence-electron chi connectivity index (χ4n) is 0.817. The maximum absolute atomic E-state index is 10.9. The summed E-state index contributed by atoms with van der Waals surface area (Å²) in [5, 5.41) is 0. The first kappa shape index (κ1) is 10.2. The molecule has 5 heteroatoms. The molecule has 0 aliphatic carbocycles. The van der Waals surface area contributed by atoms with Crippen molar-refractivity contribution in [2.24, 2.45) is 0 Å². The summed E-state index contributed by atoms with van der Waals surface area (Å²) in [5.41, 5.74) is 0. The third-order valence-corrected chi connectivity index (χ3v) is 2.50. The average Bonchev–Trinajstić information content (AvgIpc) is 2.06. The van der Waals surface area contributed by atoms with Gasteiger partial charge in [0.25, 0.3) is 0 Å². The van der Waals surface area contributed by atoms with Gasteiger partial charge in [-0.1, -0.05) is 0 Å². The fraction of sp³-hybridized carbons (Fsp3) is 0.857. The van der Waals surface area contributed by atoms with Gasteiger partial charge in [-0.15, -0.1) is 11.6 Å². The molecule has 1 aliphatic heterocycles. The fourth-order valence-corrected chi connectivity index (χ4v) is 1.71. The van der Waals surface area contributed by atoms with Crippen LogP contribution in [0.3, 0.4) is 0 Å². The first-order valence-corrected chi connectivity index (χ1v) is 5.46. The molecule has 0 amide bonds. The lowest BCUT2D eigenvalue weighted by Crippen LogP contribution is -2.28. The van der Waals surface area contributed by atoms with Crippen LogP contribution in [0.2, 0.25) is 0 Å². The molecule has 1 rings (SSSR count). The molecule has 1 atom stereocenters. The third-order valence-electron chi connectivity index (χ3n) is 1.35. The molecule has 3 nitrogen and oxygen atoms in total. The monoisotopic (exact) mass is 210 g/mol. The van der Waals surface area contributed by atoms with Crippen LogP contribution in [0.5, 0.6) is 0 Å². The number of carbonyl (C=O) groups excluding carboxylic acids is 1. The Bertz CT molecular complexity index is 148. The van der Waals surface area contributed by atoms with Crippen molar-refractivity contribution in [1.29, 1.82) is 0 Å².